The molecule has 0 heterocycles. The highest BCUT2D eigenvalue weighted by Gasteiger charge is 1.85. The lowest BCUT2D eigenvalue weighted by Crippen LogP contribution is -2.20. The van der Waals surface area contributed by atoms with E-state index in [1.807, 2.05) is 0 Å². The number of carbonyl (C=O) groups is 1. The third-order valence-electron chi connectivity index (χ3n) is 0.781. The van der Waals surface area contributed by atoms with Crippen LogP contribution in [0.5, 0.6) is 0 Å². The maximum Gasteiger partial charge on any atom is 0.300 e. The topological polar surface area (TPSA) is 61.7 Å². The van der Waals surface area contributed by atoms with E-state index >= 15 is 0 Å². The van der Waals surface area contributed by atoms with Gasteiger partial charge in [-0.1, -0.05) is 0 Å². The number of carboxylic acids is 1. The highest BCUT2D eigenvalue weighted by molar-refractivity contribution is 5.62. The Kier molecular flexibility index (Phi) is 10.0. The first-order valence-corrected chi connectivity index (χ1v) is 4.33. The van der Waals surface area contributed by atoms with E-state index in [1.54, 1.807) is 6.34 Å². The molecule has 13 heavy (non-hydrogen) atoms. The predicted octanol–water partition coefficient (Wildman–Crippen LogP) is 1.51. The summed E-state index contributed by atoms with van der Waals surface area (Å²) in [5, 5.41) is 10.5. The first-order valence-electron chi connectivity index (χ1n) is 4.33. The second-order valence-electron chi connectivity index (χ2n) is 3.21. The SMILES string of the molecule is CC(=O)O.CC(C)N=CNC(C)C. The second kappa shape index (κ2) is 9.03. The molecule has 78 valence electrons. The van der Waals surface area contributed by atoms with E-state index in [1.165, 1.54) is 0 Å². The van der Waals surface area contributed by atoms with E-state index in [2.05, 4.69) is 38.0 Å². The summed E-state index contributed by atoms with van der Waals surface area (Å²) < 4.78 is 0. The molecule has 0 atom stereocenters. The molecule has 0 aromatic heterocycles. The summed E-state index contributed by atoms with van der Waals surface area (Å²) in [6.45, 7) is 9.37. The fourth-order valence-electron chi connectivity index (χ4n) is 0.341. The van der Waals surface area contributed by atoms with Crippen LogP contribution in [0.2, 0.25) is 0 Å². The maximum absolute atomic E-state index is 9.00. The average molecular weight is 188 g/mol. The maximum atomic E-state index is 9.00. The smallest absolute Gasteiger partial charge is 0.300 e. The minimum Gasteiger partial charge on any atom is -0.481 e. The third-order valence-corrected chi connectivity index (χ3v) is 0.781. The Morgan fingerprint density at radius 3 is 2.00 bits per heavy atom. The quantitative estimate of drug-likeness (QED) is 0.521. The van der Waals surface area contributed by atoms with Crippen LogP contribution in [0.1, 0.15) is 34.6 Å². The highest BCUT2D eigenvalue weighted by Crippen LogP contribution is 1.81. The van der Waals surface area contributed by atoms with Crippen molar-refractivity contribution >= 4 is 12.3 Å². The number of nitrogens with one attached hydrogen (secondary N) is 1. The molecule has 0 aliphatic carbocycles. The van der Waals surface area contributed by atoms with Gasteiger partial charge in [-0.25, -0.2) is 0 Å². The van der Waals surface area contributed by atoms with Gasteiger partial charge >= 0.3 is 0 Å². The molecule has 0 aliphatic rings. The summed E-state index contributed by atoms with van der Waals surface area (Å²) in [5.41, 5.74) is 0. The van der Waals surface area contributed by atoms with E-state index in [0.29, 0.717) is 12.1 Å². The van der Waals surface area contributed by atoms with Crippen molar-refractivity contribution < 1.29 is 9.90 Å². The number of rotatable bonds is 3. The highest BCUT2D eigenvalue weighted by atomic mass is 16.4. The molecule has 0 amide bonds. The van der Waals surface area contributed by atoms with Crippen molar-refractivity contribution in [1.82, 2.24) is 5.32 Å². The van der Waals surface area contributed by atoms with Crippen LogP contribution >= 0.6 is 0 Å². The first-order chi connectivity index (χ1) is 5.86. The van der Waals surface area contributed by atoms with Crippen LogP contribution in [0.25, 0.3) is 0 Å². The summed E-state index contributed by atoms with van der Waals surface area (Å²) in [6.07, 6.45) is 1.77. The number of carboxylic acid groups (broad SMARTS) is 1. The van der Waals surface area contributed by atoms with Gasteiger partial charge in [0.15, 0.2) is 0 Å². The molecule has 0 unspecified atom stereocenters. The number of aliphatic imine (C=N–C) groups is 1. The average Bonchev–Trinajstić information content (AvgIpc) is 1.83. The summed E-state index contributed by atoms with van der Waals surface area (Å²) in [6, 6.07) is 0.892. The fraction of sp³-hybridized carbons (Fsp3) is 0.778. The van der Waals surface area contributed by atoms with Crippen molar-refractivity contribution in [3.8, 4) is 0 Å². The molecule has 4 nitrogen and oxygen atoms in total. The Bertz CT molecular complexity index is 150. The summed E-state index contributed by atoms with van der Waals surface area (Å²) in [4.78, 5) is 13.1. The molecule has 0 aliphatic heterocycles. The molecule has 2 N–H and O–H groups in total. The molecule has 0 saturated carbocycles. The molecule has 0 spiro atoms. The van der Waals surface area contributed by atoms with Crippen molar-refractivity contribution in [2.24, 2.45) is 4.99 Å². The van der Waals surface area contributed by atoms with E-state index in [9.17, 15) is 0 Å². The van der Waals surface area contributed by atoms with Crippen LogP contribution in [0.4, 0.5) is 0 Å². The van der Waals surface area contributed by atoms with Gasteiger partial charge in [0.2, 0.25) is 0 Å². The standard InChI is InChI=1S/C7H16N2.C2H4O2/c1-6(2)8-5-9-7(3)4;1-2(3)4/h5-7H,1-4H3,(H,8,9);1H3,(H,3,4). The van der Waals surface area contributed by atoms with E-state index < -0.39 is 5.97 Å². The monoisotopic (exact) mass is 188 g/mol. The molecular weight excluding hydrogens is 168 g/mol. The van der Waals surface area contributed by atoms with E-state index in [0.717, 1.165) is 6.92 Å². The molecule has 0 radical (unpaired) electrons. The van der Waals surface area contributed by atoms with Crippen LogP contribution in [0.3, 0.4) is 0 Å². The minimum absolute atomic E-state index is 0.399. The van der Waals surface area contributed by atoms with Crippen LogP contribution in [0.15, 0.2) is 4.99 Å². The van der Waals surface area contributed by atoms with Gasteiger partial charge in [0.1, 0.15) is 0 Å². The Morgan fingerprint density at radius 1 is 1.38 bits per heavy atom. The summed E-state index contributed by atoms with van der Waals surface area (Å²) in [7, 11) is 0. The zero-order chi connectivity index (χ0) is 10.9. The fourth-order valence-corrected chi connectivity index (χ4v) is 0.341. The molecule has 0 aromatic carbocycles. The van der Waals surface area contributed by atoms with Crippen molar-refractivity contribution in [3.05, 3.63) is 0 Å². The van der Waals surface area contributed by atoms with Gasteiger partial charge in [-0.2, -0.15) is 0 Å². The number of hydrogen-bond donors (Lipinski definition) is 2. The van der Waals surface area contributed by atoms with Gasteiger partial charge in [0.05, 0.1) is 6.34 Å². The molecule has 0 aromatic rings. The lowest BCUT2D eigenvalue weighted by atomic mass is 10.4. The Labute approximate surface area is 80.1 Å². The zero-order valence-electron chi connectivity index (χ0n) is 9.03. The van der Waals surface area contributed by atoms with Gasteiger partial charge in [-0.15, -0.1) is 0 Å². The first kappa shape index (κ1) is 14.5. The number of nitrogens with zero attached hydrogens (tertiary/aromatic N) is 1. The van der Waals surface area contributed by atoms with Gasteiger partial charge in [-0.3, -0.25) is 9.79 Å². The van der Waals surface area contributed by atoms with Crippen LogP contribution < -0.4 is 5.32 Å². The van der Waals surface area contributed by atoms with Gasteiger partial charge < -0.3 is 10.4 Å². The van der Waals surface area contributed by atoms with Crippen molar-refractivity contribution in [1.29, 1.82) is 0 Å². The van der Waals surface area contributed by atoms with Gasteiger partial charge in [0.25, 0.3) is 5.97 Å². The molecule has 4 heteroatoms. The zero-order valence-corrected chi connectivity index (χ0v) is 9.03. The molecule has 0 fully saturated rings. The molecule has 0 rings (SSSR count). The normalized spacial score (nSPS) is 10.1. The van der Waals surface area contributed by atoms with E-state index in [-0.39, 0.29) is 0 Å². The predicted molar refractivity (Wildman–Crippen MR) is 55.2 cm³/mol. The molecular formula is C9H20N2O2. The lowest BCUT2D eigenvalue weighted by molar-refractivity contribution is -0.134. The Hall–Kier alpha value is -1.06. The van der Waals surface area contributed by atoms with Crippen molar-refractivity contribution in [2.75, 3.05) is 0 Å². The number of aliphatic carboxylic acids is 1. The van der Waals surface area contributed by atoms with Crippen LogP contribution in [-0.4, -0.2) is 29.5 Å². The Balaban J connectivity index is 0. The summed E-state index contributed by atoms with van der Waals surface area (Å²) >= 11 is 0. The lowest BCUT2D eigenvalue weighted by Gasteiger charge is -2.02. The minimum atomic E-state index is -0.833. The molecule has 0 bridgehead atoms. The number of hydrogen-bond acceptors (Lipinski definition) is 2. The third kappa shape index (κ3) is 35.8. The molecule has 0 saturated heterocycles. The van der Waals surface area contributed by atoms with Crippen LogP contribution in [-0.2, 0) is 4.79 Å². The van der Waals surface area contributed by atoms with Gasteiger partial charge in [-0.05, 0) is 27.7 Å². The Morgan fingerprint density at radius 2 is 1.77 bits per heavy atom. The largest absolute Gasteiger partial charge is 0.481 e. The van der Waals surface area contributed by atoms with Crippen molar-refractivity contribution in [2.45, 2.75) is 46.7 Å². The summed E-state index contributed by atoms with van der Waals surface area (Å²) in [5.74, 6) is -0.833. The van der Waals surface area contributed by atoms with Gasteiger partial charge in [0, 0.05) is 19.0 Å². The second-order valence-corrected chi connectivity index (χ2v) is 3.21. The van der Waals surface area contributed by atoms with Crippen LogP contribution in [0, 0.1) is 0 Å². The van der Waals surface area contributed by atoms with Crippen molar-refractivity contribution in [3.63, 3.8) is 0 Å². The van der Waals surface area contributed by atoms with E-state index in [4.69, 9.17) is 9.90 Å².